The number of anilines is 1. The van der Waals surface area contributed by atoms with Gasteiger partial charge in [-0.05, 0) is 12.8 Å². The molecule has 0 saturated heterocycles. The number of aliphatic carboxylic acids is 1. The van der Waals surface area contributed by atoms with Gasteiger partial charge in [0.2, 0.25) is 5.91 Å². The van der Waals surface area contributed by atoms with Gasteiger partial charge in [0.05, 0.1) is 5.92 Å². The van der Waals surface area contributed by atoms with Crippen LogP contribution in [-0.2, 0) is 9.59 Å². The maximum Gasteiger partial charge on any atom is 0.306 e. The van der Waals surface area contributed by atoms with Crippen molar-refractivity contribution in [2.75, 3.05) is 5.32 Å². The van der Waals surface area contributed by atoms with Crippen LogP contribution >= 0.6 is 11.3 Å². The summed E-state index contributed by atoms with van der Waals surface area (Å²) in [4.78, 5) is 26.3. The number of carbonyl (C=O) groups excluding carboxylic acids is 1. The van der Waals surface area contributed by atoms with Gasteiger partial charge in [-0.25, -0.2) is 4.98 Å². The normalized spacial score (nSPS) is 12.1. The second-order valence-corrected chi connectivity index (χ2v) is 4.64. The number of carboxylic acids is 1. The third-order valence-electron chi connectivity index (χ3n) is 2.38. The lowest BCUT2D eigenvalue weighted by molar-refractivity contribution is -0.142. The Balaban J connectivity index is 2.33. The Hall–Kier alpha value is -1.43. The van der Waals surface area contributed by atoms with Crippen LogP contribution in [0.1, 0.15) is 32.6 Å². The van der Waals surface area contributed by atoms with E-state index in [0.29, 0.717) is 18.0 Å². The van der Waals surface area contributed by atoms with Gasteiger partial charge in [0, 0.05) is 18.0 Å². The lowest BCUT2D eigenvalue weighted by Crippen LogP contribution is -2.18. The Morgan fingerprint density at radius 2 is 2.29 bits per heavy atom. The fourth-order valence-electron chi connectivity index (χ4n) is 1.51. The third-order valence-corrected chi connectivity index (χ3v) is 3.07. The molecule has 5 nitrogen and oxygen atoms in total. The first kappa shape index (κ1) is 13.6. The number of amides is 1. The second kappa shape index (κ2) is 7.01. The van der Waals surface area contributed by atoms with E-state index in [1.807, 2.05) is 6.92 Å². The first-order valence-corrected chi connectivity index (χ1v) is 6.43. The zero-order valence-corrected chi connectivity index (χ0v) is 10.5. The molecule has 1 rings (SSSR count). The van der Waals surface area contributed by atoms with Gasteiger partial charge < -0.3 is 10.4 Å². The van der Waals surface area contributed by atoms with Crippen molar-refractivity contribution >= 4 is 28.3 Å². The number of nitrogens with one attached hydrogen (secondary N) is 1. The Morgan fingerprint density at radius 1 is 1.53 bits per heavy atom. The quantitative estimate of drug-likeness (QED) is 0.785. The molecule has 0 radical (unpaired) electrons. The number of hydrogen-bond acceptors (Lipinski definition) is 4. The zero-order valence-electron chi connectivity index (χ0n) is 9.68. The fraction of sp³-hybridized carbons (Fsp3) is 0.545. The summed E-state index contributed by atoms with van der Waals surface area (Å²) in [6.45, 7) is 1.94. The summed E-state index contributed by atoms with van der Waals surface area (Å²) in [7, 11) is 0. The molecule has 6 heteroatoms. The van der Waals surface area contributed by atoms with E-state index in [1.54, 1.807) is 11.6 Å². The highest BCUT2D eigenvalue weighted by atomic mass is 32.1. The molecule has 2 N–H and O–H groups in total. The molecule has 1 amide bonds. The molecule has 0 spiro atoms. The summed E-state index contributed by atoms with van der Waals surface area (Å²) in [6, 6.07) is 0. The van der Waals surface area contributed by atoms with Crippen LogP contribution in [0.15, 0.2) is 11.6 Å². The van der Waals surface area contributed by atoms with Crippen molar-refractivity contribution in [1.29, 1.82) is 0 Å². The highest BCUT2D eigenvalue weighted by molar-refractivity contribution is 7.13. The number of aromatic nitrogens is 1. The lowest BCUT2D eigenvalue weighted by Gasteiger charge is -2.10. The summed E-state index contributed by atoms with van der Waals surface area (Å²) < 4.78 is 0. The Bertz CT molecular complexity index is 365. The largest absolute Gasteiger partial charge is 0.481 e. The van der Waals surface area contributed by atoms with Crippen molar-refractivity contribution in [3.63, 3.8) is 0 Å². The van der Waals surface area contributed by atoms with Crippen LogP contribution in [0.4, 0.5) is 5.13 Å². The van der Waals surface area contributed by atoms with Gasteiger partial charge >= 0.3 is 5.97 Å². The maximum atomic E-state index is 11.5. The van der Waals surface area contributed by atoms with E-state index >= 15 is 0 Å². The smallest absolute Gasteiger partial charge is 0.306 e. The lowest BCUT2D eigenvalue weighted by atomic mass is 9.98. The summed E-state index contributed by atoms with van der Waals surface area (Å²) >= 11 is 1.34. The van der Waals surface area contributed by atoms with Crippen LogP contribution in [0.3, 0.4) is 0 Å². The standard InChI is InChI=1S/C11H16N2O3S/c1-2-3-8(10(15)16)4-5-9(14)13-11-12-6-7-17-11/h6-8H,2-5H2,1H3,(H,15,16)(H,12,13,14)/t8-/m1/s1. The summed E-state index contributed by atoms with van der Waals surface area (Å²) in [5, 5.41) is 13.9. The molecule has 1 aromatic rings. The van der Waals surface area contributed by atoms with Crippen LogP contribution in [0.25, 0.3) is 0 Å². The van der Waals surface area contributed by atoms with E-state index in [1.165, 1.54) is 11.3 Å². The molecule has 0 aliphatic rings. The van der Waals surface area contributed by atoms with E-state index in [-0.39, 0.29) is 12.3 Å². The summed E-state index contributed by atoms with van der Waals surface area (Å²) in [5.74, 6) is -1.43. The van der Waals surface area contributed by atoms with Gasteiger partial charge in [-0.3, -0.25) is 9.59 Å². The van der Waals surface area contributed by atoms with E-state index in [9.17, 15) is 9.59 Å². The molecule has 1 heterocycles. The molecule has 0 aliphatic carbocycles. The van der Waals surface area contributed by atoms with Gasteiger partial charge in [-0.1, -0.05) is 13.3 Å². The van der Waals surface area contributed by atoms with Crippen LogP contribution in [0.5, 0.6) is 0 Å². The molecule has 1 aromatic heterocycles. The molecule has 0 aromatic carbocycles. The average molecular weight is 256 g/mol. The number of rotatable bonds is 7. The Labute approximate surface area is 104 Å². The predicted octanol–water partition coefficient (Wildman–Crippen LogP) is 2.36. The number of carbonyl (C=O) groups is 2. The van der Waals surface area contributed by atoms with Gasteiger partial charge in [-0.15, -0.1) is 11.3 Å². The van der Waals surface area contributed by atoms with Gasteiger partial charge in [0.15, 0.2) is 5.13 Å². The fourth-order valence-corrected chi connectivity index (χ4v) is 2.06. The molecule has 0 bridgehead atoms. The first-order chi connectivity index (χ1) is 8.13. The van der Waals surface area contributed by atoms with Crippen molar-refractivity contribution < 1.29 is 14.7 Å². The topological polar surface area (TPSA) is 79.3 Å². The van der Waals surface area contributed by atoms with E-state index < -0.39 is 11.9 Å². The SMILES string of the molecule is CCC[C@H](CCC(=O)Nc1nccs1)C(=O)O. The molecule has 0 fully saturated rings. The Morgan fingerprint density at radius 3 is 2.82 bits per heavy atom. The van der Waals surface area contributed by atoms with Gasteiger partial charge in [0.1, 0.15) is 0 Å². The number of nitrogens with zero attached hydrogens (tertiary/aromatic N) is 1. The van der Waals surface area contributed by atoms with E-state index in [4.69, 9.17) is 5.11 Å². The van der Waals surface area contributed by atoms with Crippen LogP contribution in [-0.4, -0.2) is 22.0 Å². The molecule has 0 unspecified atom stereocenters. The molecular formula is C11H16N2O3S. The minimum absolute atomic E-state index is 0.178. The third kappa shape index (κ3) is 4.95. The van der Waals surface area contributed by atoms with Crippen molar-refractivity contribution in [3.05, 3.63) is 11.6 Å². The highest BCUT2D eigenvalue weighted by Gasteiger charge is 2.17. The summed E-state index contributed by atoms with van der Waals surface area (Å²) in [6.07, 6.45) is 3.62. The minimum Gasteiger partial charge on any atom is -0.481 e. The monoisotopic (exact) mass is 256 g/mol. The Kier molecular flexibility index (Phi) is 5.62. The molecule has 0 aliphatic heterocycles. The number of thiazole rings is 1. The highest BCUT2D eigenvalue weighted by Crippen LogP contribution is 2.15. The van der Waals surface area contributed by atoms with Gasteiger partial charge in [0.25, 0.3) is 0 Å². The molecular weight excluding hydrogens is 240 g/mol. The second-order valence-electron chi connectivity index (χ2n) is 3.75. The maximum absolute atomic E-state index is 11.5. The van der Waals surface area contributed by atoms with E-state index in [0.717, 1.165) is 6.42 Å². The van der Waals surface area contributed by atoms with Gasteiger partial charge in [-0.2, -0.15) is 0 Å². The van der Waals surface area contributed by atoms with E-state index in [2.05, 4.69) is 10.3 Å². The summed E-state index contributed by atoms with van der Waals surface area (Å²) in [5.41, 5.74) is 0. The average Bonchev–Trinajstić information content (AvgIpc) is 2.76. The molecule has 0 saturated carbocycles. The van der Waals surface area contributed by atoms with Crippen LogP contribution < -0.4 is 5.32 Å². The van der Waals surface area contributed by atoms with Crippen molar-refractivity contribution in [2.45, 2.75) is 32.6 Å². The number of carboxylic acid groups (broad SMARTS) is 1. The van der Waals surface area contributed by atoms with Crippen LogP contribution in [0.2, 0.25) is 0 Å². The minimum atomic E-state index is -0.825. The van der Waals surface area contributed by atoms with Crippen molar-refractivity contribution in [1.82, 2.24) is 4.98 Å². The number of hydrogen-bond donors (Lipinski definition) is 2. The van der Waals surface area contributed by atoms with Crippen molar-refractivity contribution in [2.24, 2.45) is 5.92 Å². The first-order valence-electron chi connectivity index (χ1n) is 5.55. The van der Waals surface area contributed by atoms with Crippen molar-refractivity contribution in [3.8, 4) is 0 Å². The predicted molar refractivity (Wildman–Crippen MR) is 66.0 cm³/mol. The molecule has 94 valence electrons. The zero-order chi connectivity index (χ0) is 12.7. The molecule has 1 atom stereocenters. The molecule has 17 heavy (non-hydrogen) atoms. The van der Waals surface area contributed by atoms with Crippen LogP contribution in [0, 0.1) is 5.92 Å².